The van der Waals surface area contributed by atoms with Gasteiger partial charge in [0.1, 0.15) is 10.2 Å². The van der Waals surface area contributed by atoms with Gasteiger partial charge in [-0.1, -0.05) is 24.9 Å². The van der Waals surface area contributed by atoms with Crippen LogP contribution in [0.3, 0.4) is 0 Å². The number of hydrogen-bond acceptors (Lipinski definition) is 4. The highest BCUT2D eigenvalue weighted by Crippen LogP contribution is 2.23. The zero-order valence-corrected chi connectivity index (χ0v) is 13.9. The molecule has 112 valence electrons. The lowest BCUT2D eigenvalue weighted by atomic mass is 10.1. The Balaban J connectivity index is 2.20. The van der Waals surface area contributed by atoms with Crippen molar-refractivity contribution in [1.29, 1.82) is 0 Å². The fourth-order valence-corrected chi connectivity index (χ4v) is 2.95. The smallest absolute Gasteiger partial charge is 0.252 e. The Morgan fingerprint density at radius 3 is 2.81 bits per heavy atom. The largest absolute Gasteiger partial charge is 0.341 e. The van der Waals surface area contributed by atoms with E-state index >= 15 is 0 Å². The summed E-state index contributed by atoms with van der Waals surface area (Å²) in [6, 6.07) is 3.39. The van der Waals surface area contributed by atoms with Crippen LogP contribution in [0.4, 0.5) is 0 Å². The Kier molecular flexibility index (Phi) is 4.96. The summed E-state index contributed by atoms with van der Waals surface area (Å²) in [6.45, 7) is 5.92. The molecule has 1 amide bonds. The molecule has 2 aromatic rings. The lowest BCUT2D eigenvalue weighted by molar-refractivity contribution is 0.0911. The van der Waals surface area contributed by atoms with E-state index in [1.165, 1.54) is 11.3 Å². The van der Waals surface area contributed by atoms with E-state index in [2.05, 4.69) is 22.2 Å². The summed E-state index contributed by atoms with van der Waals surface area (Å²) in [5, 5.41) is 6.10. The third kappa shape index (κ3) is 4.02. The molecule has 0 saturated carbocycles. The number of carbonyl (C=O) groups is 1. The zero-order valence-electron chi connectivity index (χ0n) is 12.3. The van der Waals surface area contributed by atoms with Crippen molar-refractivity contribution in [3.63, 3.8) is 0 Å². The average molecular weight is 324 g/mol. The normalized spacial score (nSPS) is 11.4. The number of hydrogen-bond donors (Lipinski definition) is 1. The summed E-state index contributed by atoms with van der Waals surface area (Å²) in [5.41, 5.74) is 0.844. The molecule has 2 rings (SSSR count). The second-order valence-electron chi connectivity index (χ2n) is 5.34. The number of amides is 1. The predicted molar refractivity (Wildman–Crippen MR) is 85.8 cm³/mol. The number of rotatable bonds is 5. The van der Waals surface area contributed by atoms with Gasteiger partial charge in [0.05, 0.1) is 5.54 Å². The van der Waals surface area contributed by atoms with Gasteiger partial charge in [0.15, 0.2) is 0 Å². The minimum atomic E-state index is -0.522. The fraction of sp³-hybridized carbons (Fsp3) is 0.400. The van der Waals surface area contributed by atoms with Gasteiger partial charge in [0.2, 0.25) is 0 Å². The first-order chi connectivity index (χ1) is 9.92. The van der Waals surface area contributed by atoms with Gasteiger partial charge in [-0.2, -0.15) is 0 Å². The number of thiazole rings is 1. The Morgan fingerprint density at radius 1 is 1.43 bits per heavy atom. The first kappa shape index (κ1) is 15.9. The van der Waals surface area contributed by atoms with Gasteiger partial charge < -0.3 is 5.32 Å². The van der Waals surface area contributed by atoms with Gasteiger partial charge in [0, 0.05) is 22.8 Å². The van der Waals surface area contributed by atoms with E-state index in [0.29, 0.717) is 10.7 Å². The first-order valence-corrected chi connectivity index (χ1v) is 8.07. The van der Waals surface area contributed by atoms with Crippen LogP contribution in [-0.2, 0) is 12.0 Å². The maximum absolute atomic E-state index is 12.4. The van der Waals surface area contributed by atoms with E-state index in [-0.39, 0.29) is 5.91 Å². The van der Waals surface area contributed by atoms with Crippen molar-refractivity contribution in [3.8, 4) is 0 Å². The lowest BCUT2D eigenvalue weighted by Crippen LogP contribution is -2.41. The molecule has 0 aliphatic carbocycles. The van der Waals surface area contributed by atoms with Crippen LogP contribution in [0.15, 0.2) is 23.7 Å². The Labute approximate surface area is 133 Å². The number of aromatic nitrogens is 2. The summed E-state index contributed by atoms with van der Waals surface area (Å²) in [5.74, 6) is -0.170. The van der Waals surface area contributed by atoms with Gasteiger partial charge in [-0.3, -0.25) is 4.79 Å². The highest BCUT2D eigenvalue weighted by Gasteiger charge is 2.26. The van der Waals surface area contributed by atoms with E-state index in [1.54, 1.807) is 18.3 Å². The number of carbonyl (C=O) groups excluding carboxylic acids is 1. The molecule has 0 fully saturated rings. The quantitative estimate of drug-likeness (QED) is 0.851. The van der Waals surface area contributed by atoms with Crippen LogP contribution in [0.1, 0.15) is 48.3 Å². The van der Waals surface area contributed by atoms with E-state index in [9.17, 15) is 4.79 Å². The number of aryl methyl sites for hydroxylation is 1. The minimum Gasteiger partial charge on any atom is -0.341 e. The molecule has 21 heavy (non-hydrogen) atoms. The maximum atomic E-state index is 12.4. The summed E-state index contributed by atoms with van der Waals surface area (Å²) in [7, 11) is 0. The van der Waals surface area contributed by atoms with Crippen LogP contribution >= 0.6 is 22.9 Å². The predicted octanol–water partition coefficient (Wildman–Crippen LogP) is 3.81. The minimum absolute atomic E-state index is 0.170. The summed E-state index contributed by atoms with van der Waals surface area (Å²) in [4.78, 5) is 20.9. The van der Waals surface area contributed by atoms with Crippen LogP contribution in [0, 0.1) is 0 Å². The van der Waals surface area contributed by atoms with Gasteiger partial charge in [-0.05, 0) is 32.4 Å². The summed E-state index contributed by atoms with van der Waals surface area (Å²) >= 11 is 7.52. The monoisotopic (exact) mass is 323 g/mol. The van der Waals surface area contributed by atoms with Gasteiger partial charge in [0.25, 0.3) is 5.91 Å². The number of halogens is 1. The van der Waals surface area contributed by atoms with Crippen molar-refractivity contribution in [2.45, 2.75) is 39.2 Å². The van der Waals surface area contributed by atoms with E-state index in [0.717, 1.165) is 23.5 Å². The molecule has 0 atom stereocenters. The van der Waals surface area contributed by atoms with Crippen molar-refractivity contribution < 1.29 is 4.79 Å². The summed E-state index contributed by atoms with van der Waals surface area (Å²) < 4.78 is 0. The topological polar surface area (TPSA) is 54.9 Å². The molecule has 6 heteroatoms. The molecule has 1 N–H and O–H groups in total. The molecule has 2 aromatic heterocycles. The van der Waals surface area contributed by atoms with Crippen LogP contribution < -0.4 is 5.32 Å². The Morgan fingerprint density at radius 2 is 2.19 bits per heavy atom. The van der Waals surface area contributed by atoms with Gasteiger partial charge >= 0.3 is 0 Å². The van der Waals surface area contributed by atoms with E-state index < -0.39 is 5.54 Å². The highest BCUT2D eigenvalue weighted by atomic mass is 35.5. The fourth-order valence-electron chi connectivity index (χ4n) is 2.01. The molecule has 0 unspecified atom stereocenters. The number of nitrogens with zero attached hydrogens (tertiary/aromatic N) is 2. The van der Waals surface area contributed by atoms with Crippen LogP contribution in [-0.4, -0.2) is 15.9 Å². The molecule has 4 nitrogen and oxygen atoms in total. The molecule has 0 aromatic carbocycles. The Hall–Kier alpha value is -1.46. The molecular formula is C15H18ClN3OS. The standard InChI is InChI=1S/C15H18ClN3OS/c1-4-5-11-8-10(9-12(16)18-11)13(20)19-15(2,3)14-17-6-7-21-14/h6-9H,4-5H2,1-3H3,(H,19,20). The maximum Gasteiger partial charge on any atom is 0.252 e. The lowest BCUT2D eigenvalue weighted by Gasteiger charge is -2.24. The molecule has 0 saturated heterocycles. The molecule has 2 heterocycles. The third-order valence-corrected chi connectivity index (χ3v) is 4.30. The second-order valence-corrected chi connectivity index (χ2v) is 6.62. The van der Waals surface area contributed by atoms with Crippen molar-refractivity contribution in [3.05, 3.63) is 45.1 Å². The van der Waals surface area contributed by atoms with Crippen molar-refractivity contribution in [2.75, 3.05) is 0 Å². The molecular weight excluding hydrogens is 306 g/mol. The molecule has 0 bridgehead atoms. The zero-order chi connectivity index (χ0) is 15.5. The number of nitrogens with one attached hydrogen (secondary N) is 1. The SMILES string of the molecule is CCCc1cc(C(=O)NC(C)(C)c2nccs2)cc(Cl)n1. The summed E-state index contributed by atoms with van der Waals surface area (Å²) in [6.07, 6.45) is 3.49. The molecule has 0 spiro atoms. The van der Waals surface area contributed by atoms with Crippen LogP contribution in [0.5, 0.6) is 0 Å². The van der Waals surface area contributed by atoms with Gasteiger partial charge in [-0.25, -0.2) is 9.97 Å². The van der Waals surface area contributed by atoms with Crippen molar-refractivity contribution in [2.24, 2.45) is 0 Å². The molecule has 0 aliphatic heterocycles. The number of pyridine rings is 1. The van der Waals surface area contributed by atoms with Crippen LogP contribution in [0.2, 0.25) is 5.15 Å². The second kappa shape index (κ2) is 6.54. The Bertz CT molecular complexity index is 626. The molecule has 0 radical (unpaired) electrons. The van der Waals surface area contributed by atoms with Crippen molar-refractivity contribution >= 4 is 28.8 Å². The van der Waals surface area contributed by atoms with Gasteiger partial charge in [-0.15, -0.1) is 11.3 Å². The highest BCUT2D eigenvalue weighted by molar-refractivity contribution is 7.09. The average Bonchev–Trinajstić information content (AvgIpc) is 2.92. The molecule has 0 aliphatic rings. The van der Waals surface area contributed by atoms with Crippen molar-refractivity contribution in [1.82, 2.24) is 15.3 Å². The van der Waals surface area contributed by atoms with E-state index in [1.807, 2.05) is 19.2 Å². The first-order valence-electron chi connectivity index (χ1n) is 6.81. The third-order valence-electron chi connectivity index (χ3n) is 3.01. The van der Waals surface area contributed by atoms with E-state index in [4.69, 9.17) is 11.6 Å². The van der Waals surface area contributed by atoms with Crippen LogP contribution in [0.25, 0.3) is 0 Å².